The molecule has 0 saturated heterocycles. The predicted octanol–water partition coefficient (Wildman–Crippen LogP) is 7.26. The molecule has 2 heterocycles. The molecular weight excluding hydrogens is 571 g/mol. The molecule has 1 amide bonds. The number of hydrogen-bond acceptors (Lipinski definition) is 4. The third kappa shape index (κ3) is 4.86. The van der Waals surface area contributed by atoms with Gasteiger partial charge < -0.3 is 15.4 Å². The van der Waals surface area contributed by atoms with E-state index in [1.54, 1.807) is 48.7 Å². The lowest BCUT2D eigenvalue weighted by molar-refractivity contribution is -0.139. The zero-order chi connectivity index (χ0) is 28.7. The van der Waals surface area contributed by atoms with E-state index in [0.29, 0.717) is 43.5 Å². The molecule has 3 aromatic carbocycles. The van der Waals surface area contributed by atoms with Gasteiger partial charge in [0.1, 0.15) is 6.04 Å². The molecule has 0 unspecified atom stereocenters. The van der Waals surface area contributed by atoms with Crippen molar-refractivity contribution in [1.29, 1.82) is 5.26 Å². The second-order valence-corrected chi connectivity index (χ2v) is 10.6. The summed E-state index contributed by atoms with van der Waals surface area (Å²) >= 11 is 19.5. The van der Waals surface area contributed by atoms with Crippen molar-refractivity contribution < 1.29 is 14.7 Å². The number of pyridine rings is 1. The number of aromatic amines is 1. The van der Waals surface area contributed by atoms with E-state index in [-0.39, 0.29) is 22.0 Å². The number of H-pyrrole nitrogens is 1. The first-order valence-corrected chi connectivity index (χ1v) is 13.3. The minimum atomic E-state index is -1.28. The maximum absolute atomic E-state index is 13.3. The SMILES string of the molecule is Cc1[nH]c2cc(Cl)c(C(=O)N[C@@H](Cc3ccc(-c4ccc(C#N)cc4Cl)c4ncccc34)C(=O)O)c(Cl)c2c1C. The van der Waals surface area contributed by atoms with Gasteiger partial charge in [0.25, 0.3) is 5.91 Å². The number of aliphatic carboxylic acids is 1. The number of carbonyl (C=O) groups excluding carboxylic acids is 1. The summed E-state index contributed by atoms with van der Waals surface area (Å²) in [6, 6.07) is 14.6. The second-order valence-electron chi connectivity index (χ2n) is 9.39. The average Bonchev–Trinajstić information content (AvgIpc) is 3.21. The van der Waals surface area contributed by atoms with Gasteiger partial charge in [-0.25, -0.2) is 4.79 Å². The molecule has 5 rings (SSSR count). The Balaban J connectivity index is 1.51. The number of carboxylic acids is 1. The van der Waals surface area contributed by atoms with Crippen molar-refractivity contribution in [2.75, 3.05) is 0 Å². The van der Waals surface area contributed by atoms with Crippen molar-refractivity contribution in [3.05, 3.63) is 97.7 Å². The van der Waals surface area contributed by atoms with E-state index in [4.69, 9.17) is 34.8 Å². The number of halogens is 3. The molecule has 0 radical (unpaired) electrons. The van der Waals surface area contributed by atoms with E-state index in [1.165, 1.54) is 0 Å². The number of carboxylic acid groups (broad SMARTS) is 1. The number of benzene rings is 3. The molecule has 0 aliphatic carbocycles. The molecule has 200 valence electrons. The number of aryl methyl sites for hydroxylation is 2. The molecule has 0 spiro atoms. The smallest absolute Gasteiger partial charge is 0.326 e. The van der Waals surface area contributed by atoms with E-state index in [2.05, 4.69) is 21.4 Å². The van der Waals surface area contributed by atoms with E-state index >= 15 is 0 Å². The van der Waals surface area contributed by atoms with Gasteiger partial charge in [-0.05, 0) is 49.2 Å². The van der Waals surface area contributed by atoms with Crippen LogP contribution in [0, 0.1) is 25.2 Å². The first kappa shape index (κ1) is 27.5. The number of nitrogens with zero attached hydrogens (tertiary/aromatic N) is 2. The predicted molar refractivity (Wildman–Crippen MR) is 157 cm³/mol. The van der Waals surface area contributed by atoms with Crippen molar-refractivity contribution in [3.8, 4) is 17.2 Å². The third-order valence-electron chi connectivity index (χ3n) is 6.98. The van der Waals surface area contributed by atoms with E-state index in [9.17, 15) is 20.0 Å². The van der Waals surface area contributed by atoms with Gasteiger partial charge in [-0.3, -0.25) is 9.78 Å². The number of rotatable bonds is 6. The summed E-state index contributed by atoms with van der Waals surface area (Å²) < 4.78 is 0. The monoisotopic (exact) mass is 590 g/mol. The fourth-order valence-corrected chi connectivity index (χ4v) is 5.91. The minimum Gasteiger partial charge on any atom is -0.480 e. The van der Waals surface area contributed by atoms with Crippen LogP contribution in [0.1, 0.15) is 32.7 Å². The lowest BCUT2D eigenvalue weighted by Gasteiger charge is -2.18. The van der Waals surface area contributed by atoms with Crippen LogP contribution in [-0.4, -0.2) is 33.0 Å². The first-order chi connectivity index (χ1) is 19.1. The Morgan fingerprint density at radius 2 is 1.82 bits per heavy atom. The highest BCUT2D eigenvalue weighted by atomic mass is 35.5. The topological polar surface area (TPSA) is 119 Å². The van der Waals surface area contributed by atoms with Crippen molar-refractivity contribution in [2.24, 2.45) is 0 Å². The standard InChI is InChI=1S/C30H21Cl3N4O3/c1-14-15(2)36-23-12-22(32)26(27(33)25(14)23)29(38)37-24(30(39)40)11-17-6-8-20(28-18(17)4-3-9-35-28)19-7-5-16(13-34)10-21(19)31/h3-10,12,24,36H,11H2,1-2H3,(H,37,38)(H,39,40)/t24-/m0/s1. The van der Waals surface area contributed by atoms with Crippen LogP contribution in [0.3, 0.4) is 0 Å². The molecule has 10 heteroatoms. The van der Waals surface area contributed by atoms with Gasteiger partial charge in [0, 0.05) is 50.8 Å². The van der Waals surface area contributed by atoms with Gasteiger partial charge in [-0.15, -0.1) is 0 Å². The molecule has 1 atom stereocenters. The van der Waals surface area contributed by atoms with Gasteiger partial charge in [0.05, 0.1) is 32.8 Å². The molecule has 5 aromatic rings. The lowest BCUT2D eigenvalue weighted by atomic mass is 9.94. The van der Waals surface area contributed by atoms with Crippen LogP contribution in [-0.2, 0) is 11.2 Å². The van der Waals surface area contributed by atoms with Crippen molar-refractivity contribution >= 4 is 68.5 Å². The molecule has 0 aliphatic rings. The highest BCUT2D eigenvalue weighted by molar-refractivity contribution is 6.43. The number of hydrogen-bond donors (Lipinski definition) is 3. The lowest BCUT2D eigenvalue weighted by Crippen LogP contribution is -2.42. The fraction of sp³-hybridized carbons (Fsp3) is 0.133. The average molecular weight is 592 g/mol. The molecule has 0 saturated carbocycles. The molecule has 7 nitrogen and oxygen atoms in total. The highest BCUT2D eigenvalue weighted by Crippen LogP contribution is 2.37. The summed E-state index contributed by atoms with van der Waals surface area (Å²) in [5.41, 5.74) is 5.60. The Labute approximate surface area is 244 Å². The summed E-state index contributed by atoms with van der Waals surface area (Å²) in [6.07, 6.45) is 1.61. The summed E-state index contributed by atoms with van der Waals surface area (Å²) in [4.78, 5) is 33.4. The minimum absolute atomic E-state index is 0.0153. The largest absolute Gasteiger partial charge is 0.480 e. The Hall–Kier alpha value is -4.09. The maximum atomic E-state index is 13.3. The maximum Gasteiger partial charge on any atom is 0.326 e. The number of amides is 1. The van der Waals surface area contributed by atoms with E-state index in [1.807, 2.05) is 19.9 Å². The van der Waals surface area contributed by atoms with Crippen LogP contribution >= 0.6 is 34.8 Å². The molecular formula is C30H21Cl3N4O3. The van der Waals surface area contributed by atoms with Crippen molar-refractivity contribution in [3.63, 3.8) is 0 Å². The quantitative estimate of drug-likeness (QED) is 0.192. The number of carbonyl (C=O) groups is 2. The van der Waals surface area contributed by atoms with Crippen molar-refractivity contribution in [1.82, 2.24) is 15.3 Å². The van der Waals surface area contributed by atoms with Crippen LogP contribution in [0.4, 0.5) is 0 Å². The summed E-state index contributed by atoms with van der Waals surface area (Å²) in [5.74, 6) is -1.91. The Morgan fingerprint density at radius 3 is 2.52 bits per heavy atom. The number of nitriles is 1. The summed E-state index contributed by atoms with van der Waals surface area (Å²) in [5, 5.41) is 23.8. The molecule has 40 heavy (non-hydrogen) atoms. The molecule has 0 fully saturated rings. The summed E-state index contributed by atoms with van der Waals surface area (Å²) in [6.45, 7) is 3.77. The van der Waals surface area contributed by atoms with Crippen LogP contribution in [0.5, 0.6) is 0 Å². The van der Waals surface area contributed by atoms with Crippen LogP contribution < -0.4 is 5.32 Å². The number of aromatic nitrogens is 2. The number of fused-ring (bicyclic) bond motifs is 2. The Morgan fingerprint density at radius 1 is 1.07 bits per heavy atom. The van der Waals surface area contributed by atoms with Crippen LogP contribution in [0.25, 0.3) is 32.9 Å². The zero-order valence-corrected chi connectivity index (χ0v) is 23.5. The number of nitrogens with one attached hydrogen (secondary N) is 2. The molecule has 3 N–H and O–H groups in total. The molecule has 0 aliphatic heterocycles. The van der Waals surface area contributed by atoms with Gasteiger partial charge in [0.15, 0.2) is 0 Å². The van der Waals surface area contributed by atoms with Gasteiger partial charge in [0.2, 0.25) is 0 Å². The van der Waals surface area contributed by atoms with E-state index in [0.717, 1.165) is 16.8 Å². The summed E-state index contributed by atoms with van der Waals surface area (Å²) in [7, 11) is 0. The van der Waals surface area contributed by atoms with Crippen molar-refractivity contribution in [2.45, 2.75) is 26.3 Å². The first-order valence-electron chi connectivity index (χ1n) is 12.2. The fourth-order valence-electron chi connectivity index (χ4n) is 4.86. The molecule has 0 bridgehead atoms. The normalized spacial score (nSPS) is 11.9. The van der Waals surface area contributed by atoms with Gasteiger partial charge >= 0.3 is 5.97 Å². The highest BCUT2D eigenvalue weighted by Gasteiger charge is 2.27. The van der Waals surface area contributed by atoms with E-state index < -0.39 is 17.9 Å². The van der Waals surface area contributed by atoms with Crippen LogP contribution in [0.2, 0.25) is 15.1 Å². The Bertz CT molecular complexity index is 1890. The second kappa shape index (κ2) is 10.8. The Kier molecular flexibility index (Phi) is 7.43. The van der Waals surface area contributed by atoms with Crippen LogP contribution in [0.15, 0.2) is 54.7 Å². The van der Waals surface area contributed by atoms with Gasteiger partial charge in [-0.1, -0.05) is 59.1 Å². The zero-order valence-electron chi connectivity index (χ0n) is 21.3. The molecule has 2 aromatic heterocycles. The third-order valence-corrected chi connectivity index (χ3v) is 7.97. The van der Waals surface area contributed by atoms with Gasteiger partial charge in [-0.2, -0.15) is 5.26 Å².